The van der Waals surface area contributed by atoms with Crippen LogP contribution in [0.4, 0.5) is 0 Å². The molecular weight excluding hydrogens is 274 g/mol. The lowest BCUT2D eigenvalue weighted by molar-refractivity contribution is 0.0942. The number of aliphatic hydroxyl groups excluding tert-OH is 1. The molecule has 0 aliphatic heterocycles. The van der Waals surface area contributed by atoms with Crippen molar-refractivity contribution in [3.63, 3.8) is 0 Å². The van der Waals surface area contributed by atoms with E-state index in [0.717, 1.165) is 0 Å². The Bertz CT molecular complexity index is 475. The Morgan fingerprint density at radius 3 is 2.24 bits per heavy atom. The zero-order valence-electron chi connectivity index (χ0n) is 12.9. The van der Waals surface area contributed by atoms with Gasteiger partial charge < -0.3 is 24.6 Å². The molecule has 0 fully saturated rings. The van der Waals surface area contributed by atoms with Gasteiger partial charge in [-0.1, -0.05) is 6.92 Å². The van der Waals surface area contributed by atoms with Gasteiger partial charge in [0.05, 0.1) is 26.9 Å². The number of amides is 1. The molecule has 1 aromatic rings. The van der Waals surface area contributed by atoms with Crippen molar-refractivity contribution < 1.29 is 24.1 Å². The van der Waals surface area contributed by atoms with Crippen LogP contribution in [0, 0.1) is 5.92 Å². The summed E-state index contributed by atoms with van der Waals surface area (Å²) in [5.74, 6) is 1.33. The summed E-state index contributed by atoms with van der Waals surface area (Å²) in [5.41, 5.74) is 0.381. The summed E-state index contributed by atoms with van der Waals surface area (Å²) in [6, 6.07) is 3.20. The fraction of sp³-hybridized carbons (Fsp3) is 0.533. The molecule has 6 nitrogen and oxygen atoms in total. The highest BCUT2D eigenvalue weighted by molar-refractivity contribution is 5.97. The molecule has 1 rings (SSSR count). The van der Waals surface area contributed by atoms with E-state index in [1.54, 1.807) is 12.1 Å². The van der Waals surface area contributed by atoms with E-state index in [0.29, 0.717) is 35.8 Å². The van der Waals surface area contributed by atoms with Crippen molar-refractivity contribution in [3.05, 3.63) is 17.7 Å². The number of methoxy groups -OCH3 is 3. The van der Waals surface area contributed by atoms with Crippen molar-refractivity contribution in [2.24, 2.45) is 5.92 Å². The largest absolute Gasteiger partial charge is 0.496 e. The van der Waals surface area contributed by atoms with Gasteiger partial charge in [-0.05, 0) is 12.3 Å². The predicted molar refractivity (Wildman–Crippen MR) is 79.3 cm³/mol. The number of hydrogen-bond acceptors (Lipinski definition) is 5. The maximum Gasteiger partial charge on any atom is 0.255 e. The van der Waals surface area contributed by atoms with Gasteiger partial charge in [-0.2, -0.15) is 0 Å². The average Bonchev–Trinajstić information content (AvgIpc) is 2.51. The first-order valence-electron chi connectivity index (χ1n) is 6.76. The second-order valence-electron chi connectivity index (χ2n) is 4.73. The Balaban J connectivity index is 2.92. The third kappa shape index (κ3) is 4.53. The standard InChI is InChI=1S/C15H23NO5/c1-10(5-6-17)9-16-15(18)11-7-13(20-3)14(21-4)8-12(11)19-2/h7-8,10,17H,5-6,9H2,1-4H3,(H,16,18). The summed E-state index contributed by atoms with van der Waals surface area (Å²) in [7, 11) is 4.52. The minimum Gasteiger partial charge on any atom is -0.496 e. The van der Waals surface area contributed by atoms with Crippen molar-refractivity contribution in [1.29, 1.82) is 0 Å². The fourth-order valence-electron chi connectivity index (χ4n) is 1.89. The first kappa shape index (κ1) is 17.1. The van der Waals surface area contributed by atoms with E-state index < -0.39 is 0 Å². The maximum atomic E-state index is 12.3. The average molecular weight is 297 g/mol. The molecule has 1 aromatic carbocycles. The highest BCUT2D eigenvalue weighted by Gasteiger charge is 2.18. The zero-order chi connectivity index (χ0) is 15.8. The van der Waals surface area contributed by atoms with Gasteiger partial charge in [-0.15, -0.1) is 0 Å². The normalized spacial score (nSPS) is 11.7. The van der Waals surface area contributed by atoms with Crippen LogP contribution in [0.3, 0.4) is 0 Å². The van der Waals surface area contributed by atoms with E-state index in [9.17, 15) is 4.79 Å². The van der Waals surface area contributed by atoms with Crippen LogP contribution in [0.1, 0.15) is 23.7 Å². The van der Waals surface area contributed by atoms with Gasteiger partial charge in [0.2, 0.25) is 0 Å². The smallest absolute Gasteiger partial charge is 0.255 e. The molecule has 0 saturated heterocycles. The second-order valence-corrected chi connectivity index (χ2v) is 4.73. The van der Waals surface area contributed by atoms with Crippen LogP contribution in [0.5, 0.6) is 17.2 Å². The first-order chi connectivity index (χ1) is 10.1. The lowest BCUT2D eigenvalue weighted by Crippen LogP contribution is -2.29. The van der Waals surface area contributed by atoms with Gasteiger partial charge in [-0.25, -0.2) is 0 Å². The lowest BCUT2D eigenvalue weighted by Gasteiger charge is -2.15. The number of ether oxygens (including phenoxy) is 3. The third-order valence-electron chi connectivity index (χ3n) is 3.18. The van der Waals surface area contributed by atoms with Gasteiger partial charge in [0.25, 0.3) is 5.91 Å². The van der Waals surface area contributed by atoms with E-state index in [1.807, 2.05) is 6.92 Å². The van der Waals surface area contributed by atoms with E-state index >= 15 is 0 Å². The highest BCUT2D eigenvalue weighted by atomic mass is 16.5. The summed E-state index contributed by atoms with van der Waals surface area (Å²) in [4.78, 5) is 12.3. The Labute approximate surface area is 125 Å². The van der Waals surface area contributed by atoms with Crippen LogP contribution >= 0.6 is 0 Å². The predicted octanol–water partition coefficient (Wildman–Crippen LogP) is 1.46. The molecule has 0 saturated carbocycles. The summed E-state index contributed by atoms with van der Waals surface area (Å²) in [6.45, 7) is 2.55. The summed E-state index contributed by atoms with van der Waals surface area (Å²) in [5, 5.41) is 11.7. The van der Waals surface area contributed by atoms with E-state index in [1.165, 1.54) is 21.3 Å². The molecule has 0 aliphatic carbocycles. The van der Waals surface area contributed by atoms with E-state index in [2.05, 4.69) is 5.32 Å². The Morgan fingerprint density at radius 2 is 1.71 bits per heavy atom. The fourth-order valence-corrected chi connectivity index (χ4v) is 1.89. The van der Waals surface area contributed by atoms with Gasteiger partial charge >= 0.3 is 0 Å². The minimum absolute atomic E-state index is 0.108. The molecule has 1 amide bonds. The van der Waals surface area contributed by atoms with E-state index in [4.69, 9.17) is 19.3 Å². The number of hydrogen-bond donors (Lipinski definition) is 2. The van der Waals surface area contributed by atoms with Crippen LogP contribution in [0.25, 0.3) is 0 Å². The summed E-state index contributed by atoms with van der Waals surface area (Å²) >= 11 is 0. The third-order valence-corrected chi connectivity index (χ3v) is 3.18. The van der Waals surface area contributed by atoms with Gasteiger partial charge in [0.1, 0.15) is 5.75 Å². The molecule has 1 unspecified atom stereocenters. The van der Waals surface area contributed by atoms with Crippen molar-refractivity contribution in [3.8, 4) is 17.2 Å². The zero-order valence-corrected chi connectivity index (χ0v) is 12.9. The second kappa shape index (κ2) is 8.36. The molecule has 21 heavy (non-hydrogen) atoms. The SMILES string of the molecule is COc1cc(OC)c(C(=O)NCC(C)CCO)cc1OC. The van der Waals surface area contributed by atoms with Crippen LogP contribution in [0.15, 0.2) is 12.1 Å². The Morgan fingerprint density at radius 1 is 1.14 bits per heavy atom. The van der Waals surface area contributed by atoms with Crippen LogP contribution in [-0.4, -0.2) is 45.5 Å². The molecule has 2 N–H and O–H groups in total. The topological polar surface area (TPSA) is 77.0 Å². The molecular formula is C15H23NO5. The van der Waals surface area contributed by atoms with Crippen LogP contribution in [-0.2, 0) is 0 Å². The Hall–Kier alpha value is -1.95. The molecule has 0 spiro atoms. The van der Waals surface area contributed by atoms with Gasteiger partial charge in [-0.3, -0.25) is 4.79 Å². The lowest BCUT2D eigenvalue weighted by atomic mass is 10.1. The molecule has 0 radical (unpaired) electrons. The Kier molecular flexibility index (Phi) is 6.81. The number of carbonyl (C=O) groups is 1. The number of nitrogens with one attached hydrogen (secondary N) is 1. The molecule has 1 atom stereocenters. The maximum absolute atomic E-state index is 12.3. The quantitative estimate of drug-likeness (QED) is 0.759. The number of aliphatic hydroxyl groups is 1. The monoisotopic (exact) mass is 297 g/mol. The van der Waals surface area contributed by atoms with Gasteiger partial charge in [0, 0.05) is 25.3 Å². The van der Waals surface area contributed by atoms with Crippen LogP contribution < -0.4 is 19.5 Å². The molecule has 6 heteroatoms. The first-order valence-corrected chi connectivity index (χ1v) is 6.76. The van der Waals surface area contributed by atoms with Crippen molar-refractivity contribution in [2.45, 2.75) is 13.3 Å². The number of benzene rings is 1. The number of carbonyl (C=O) groups excluding carboxylic acids is 1. The van der Waals surface area contributed by atoms with E-state index in [-0.39, 0.29) is 18.4 Å². The molecule has 0 bridgehead atoms. The van der Waals surface area contributed by atoms with Crippen molar-refractivity contribution >= 4 is 5.91 Å². The van der Waals surface area contributed by atoms with Crippen molar-refractivity contribution in [1.82, 2.24) is 5.32 Å². The molecule has 0 aromatic heterocycles. The molecule has 118 valence electrons. The van der Waals surface area contributed by atoms with Gasteiger partial charge in [0.15, 0.2) is 11.5 Å². The summed E-state index contributed by atoms with van der Waals surface area (Å²) in [6.07, 6.45) is 0.642. The molecule has 0 heterocycles. The highest BCUT2D eigenvalue weighted by Crippen LogP contribution is 2.34. The minimum atomic E-state index is -0.252. The summed E-state index contributed by atoms with van der Waals surface area (Å²) < 4.78 is 15.6. The molecule has 0 aliphatic rings. The van der Waals surface area contributed by atoms with Crippen LogP contribution in [0.2, 0.25) is 0 Å². The van der Waals surface area contributed by atoms with Crippen molar-refractivity contribution in [2.75, 3.05) is 34.5 Å². The number of rotatable bonds is 8.